The molecule has 1 N–H and O–H groups in total. The summed E-state index contributed by atoms with van der Waals surface area (Å²) in [4.78, 5) is 10.9. The number of para-hydroxylation sites is 1. The van der Waals surface area contributed by atoms with Gasteiger partial charge in [0.2, 0.25) is 0 Å². The zero-order valence-electron chi connectivity index (χ0n) is 10.2. The number of carbonyl (C=O) groups is 1. The molecule has 0 amide bonds. The molecule has 1 aromatic rings. The maximum Gasteiger partial charge on any atom is 0.308 e. The molecule has 0 saturated heterocycles. The SMILES string of the molecule is CC[C@@H](O)c1ccccc1OCCC(=O)OC. The van der Waals surface area contributed by atoms with Crippen LogP contribution >= 0.6 is 0 Å². The average molecular weight is 238 g/mol. The lowest BCUT2D eigenvalue weighted by Crippen LogP contribution is -2.09. The van der Waals surface area contributed by atoms with E-state index in [1.54, 1.807) is 6.07 Å². The van der Waals surface area contributed by atoms with Gasteiger partial charge in [-0.25, -0.2) is 0 Å². The highest BCUT2D eigenvalue weighted by Gasteiger charge is 2.11. The molecule has 0 aromatic heterocycles. The number of benzene rings is 1. The number of carbonyl (C=O) groups excluding carboxylic acids is 1. The Balaban J connectivity index is 2.61. The molecule has 4 nitrogen and oxygen atoms in total. The van der Waals surface area contributed by atoms with Crippen LogP contribution in [0, 0.1) is 0 Å². The van der Waals surface area contributed by atoms with Crippen LogP contribution in [0.1, 0.15) is 31.4 Å². The van der Waals surface area contributed by atoms with Gasteiger partial charge in [0.15, 0.2) is 0 Å². The van der Waals surface area contributed by atoms with E-state index in [9.17, 15) is 9.90 Å². The van der Waals surface area contributed by atoms with Crippen LogP contribution in [0.15, 0.2) is 24.3 Å². The molecule has 0 aliphatic carbocycles. The maximum absolute atomic E-state index is 10.9. The number of aliphatic hydroxyl groups is 1. The Morgan fingerprint density at radius 2 is 2.12 bits per heavy atom. The first-order valence-corrected chi connectivity index (χ1v) is 5.65. The third kappa shape index (κ3) is 4.07. The Hall–Kier alpha value is -1.55. The molecule has 0 spiro atoms. The van der Waals surface area contributed by atoms with Crippen LogP contribution in [0.4, 0.5) is 0 Å². The monoisotopic (exact) mass is 238 g/mol. The summed E-state index contributed by atoms with van der Waals surface area (Å²) in [5.41, 5.74) is 0.750. The van der Waals surface area contributed by atoms with Crippen molar-refractivity contribution in [2.24, 2.45) is 0 Å². The molecule has 0 fully saturated rings. The maximum atomic E-state index is 10.9. The first kappa shape index (κ1) is 13.5. The Morgan fingerprint density at radius 3 is 2.76 bits per heavy atom. The van der Waals surface area contributed by atoms with Crippen molar-refractivity contribution < 1.29 is 19.4 Å². The van der Waals surface area contributed by atoms with Crippen molar-refractivity contribution in [3.8, 4) is 5.75 Å². The minimum Gasteiger partial charge on any atom is -0.493 e. The molecular formula is C13H18O4. The smallest absolute Gasteiger partial charge is 0.308 e. The van der Waals surface area contributed by atoms with Gasteiger partial charge in [0.05, 0.1) is 26.2 Å². The first-order valence-electron chi connectivity index (χ1n) is 5.65. The number of methoxy groups -OCH3 is 1. The first-order chi connectivity index (χ1) is 8.19. The fraction of sp³-hybridized carbons (Fsp3) is 0.462. The van der Waals surface area contributed by atoms with Crippen LogP contribution in [-0.4, -0.2) is 24.8 Å². The van der Waals surface area contributed by atoms with Crippen LogP contribution < -0.4 is 4.74 Å². The minimum atomic E-state index is -0.538. The Kier molecular flexibility index (Phi) is 5.49. The van der Waals surface area contributed by atoms with Crippen LogP contribution in [0.5, 0.6) is 5.75 Å². The molecule has 94 valence electrons. The molecule has 0 radical (unpaired) electrons. The van der Waals surface area contributed by atoms with Crippen molar-refractivity contribution in [2.45, 2.75) is 25.9 Å². The number of aliphatic hydroxyl groups excluding tert-OH is 1. The molecule has 0 bridgehead atoms. The van der Waals surface area contributed by atoms with E-state index >= 15 is 0 Å². The van der Waals surface area contributed by atoms with Gasteiger partial charge >= 0.3 is 5.97 Å². The van der Waals surface area contributed by atoms with Crippen molar-refractivity contribution in [3.05, 3.63) is 29.8 Å². The number of hydrogen-bond donors (Lipinski definition) is 1. The summed E-state index contributed by atoms with van der Waals surface area (Å²) in [5, 5.41) is 9.79. The normalized spacial score (nSPS) is 11.9. The van der Waals surface area contributed by atoms with Gasteiger partial charge in [-0.2, -0.15) is 0 Å². The topological polar surface area (TPSA) is 55.8 Å². The lowest BCUT2D eigenvalue weighted by Gasteiger charge is -2.14. The van der Waals surface area contributed by atoms with Crippen molar-refractivity contribution >= 4 is 5.97 Å². The van der Waals surface area contributed by atoms with Gasteiger partial charge in [-0.05, 0) is 12.5 Å². The molecule has 0 saturated carbocycles. The van der Waals surface area contributed by atoms with Crippen LogP contribution in [0.2, 0.25) is 0 Å². The summed E-state index contributed by atoms with van der Waals surface area (Å²) >= 11 is 0. The van der Waals surface area contributed by atoms with E-state index in [0.717, 1.165) is 5.56 Å². The number of ether oxygens (including phenoxy) is 2. The molecule has 0 unspecified atom stereocenters. The van der Waals surface area contributed by atoms with Crippen LogP contribution in [0.25, 0.3) is 0 Å². The third-order valence-electron chi connectivity index (χ3n) is 2.46. The molecule has 4 heteroatoms. The molecule has 1 rings (SSSR count). The van der Waals surface area contributed by atoms with E-state index in [1.807, 2.05) is 25.1 Å². The number of rotatable bonds is 6. The second-order valence-electron chi connectivity index (χ2n) is 3.64. The quantitative estimate of drug-likeness (QED) is 0.771. The lowest BCUT2D eigenvalue weighted by atomic mass is 10.1. The third-order valence-corrected chi connectivity index (χ3v) is 2.46. The summed E-state index contributed by atoms with van der Waals surface area (Å²) in [6.07, 6.45) is 0.286. The Bertz CT molecular complexity index is 362. The molecule has 17 heavy (non-hydrogen) atoms. The Morgan fingerprint density at radius 1 is 1.41 bits per heavy atom. The number of hydrogen-bond acceptors (Lipinski definition) is 4. The van der Waals surface area contributed by atoms with Crippen molar-refractivity contribution in [1.29, 1.82) is 0 Å². The van der Waals surface area contributed by atoms with Gasteiger partial charge in [0, 0.05) is 5.56 Å². The van der Waals surface area contributed by atoms with Crippen molar-refractivity contribution in [3.63, 3.8) is 0 Å². The molecule has 1 atom stereocenters. The fourth-order valence-electron chi connectivity index (χ4n) is 1.45. The predicted molar refractivity (Wildman–Crippen MR) is 63.8 cm³/mol. The van der Waals surface area contributed by atoms with E-state index in [0.29, 0.717) is 12.2 Å². The lowest BCUT2D eigenvalue weighted by molar-refractivity contribution is -0.141. The summed E-state index contributed by atoms with van der Waals surface area (Å²) in [6.45, 7) is 2.15. The summed E-state index contributed by atoms with van der Waals surface area (Å²) < 4.78 is 9.99. The summed E-state index contributed by atoms with van der Waals surface area (Å²) in [5.74, 6) is 0.310. The zero-order chi connectivity index (χ0) is 12.7. The van der Waals surface area contributed by atoms with Gasteiger partial charge in [0.1, 0.15) is 5.75 Å². The van der Waals surface area contributed by atoms with E-state index in [2.05, 4.69) is 4.74 Å². The molecular weight excluding hydrogens is 220 g/mol. The second kappa shape index (κ2) is 6.91. The largest absolute Gasteiger partial charge is 0.493 e. The van der Waals surface area contributed by atoms with E-state index in [4.69, 9.17) is 4.74 Å². The Labute approximate surface area is 101 Å². The zero-order valence-corrected chi connectivity index (χ0v) is 10.2. The van der Waals surface area contributed by atoms with Gasteiger partial charge in [-0.3, -0.25) is 4.79 Å². The van der Waals surface area contributed by atoms with E-state index in [1.165, 1.54) is 7.11 Å². The molecule has 1 aromatic carbocycles. The summed E-state index contributed by atoms with van der Waals surface area (Å²) in [6, 6.07) is 7.29. The molecule has 0 aliphatic heterocycles. The standard InChI is InChI=1S/C13H18O4/c1-3-11(14)10-6-4-5-7-12(10)17-9-8-13(15)16-2/h4-7,11,14H,3,8-9H2,1-2H3/t11-/m1/s1. The predicted octanol–water partition coefficient (Wildman–Crippen LogP) is 2.07. The summed E-state index contributed by atoms with van der Waals surface area (Å²) in [7, 11) is 1.34. The number of esters is 1. The highest BCUT2D eigenvalue weighted by Crippen LogP contribution is 2.26. The van der Waals surface area contributed by atoms with Gasteiger partial charge in [-0.15, -0.1) is 0 Å². The van der Waals surface area contributed by atoms with Crippen molar-refractivity contribution in [2.75, 3.05) is 13.7 Å². The van der Waals surface area contributed by atoms with Crippen molar-refractivity contribution in [1.82, 2.24) is 0 Å². The van der Waals surface area contributed by atoms with Gasteiger partial charge in [0.25, 0.3) is 0 Å². The van der Waals surface area contributed by atoms with E-state index < -0.39 is 6.10 Å². The highest BCUT2D eigenvalue weighted by molar-refractivity contribution is 5.69. The fourth-order valence-corrected chi connectivity index (χ4v) is 1.45. The highest BCUT2D eigenvalue weighted by atomic mass is 16.5. The second-order valence-corrected chi connectivity index (χ2v) is 3.64. The minimum absolute atomic E-state index is 0.201. The average Bonchev–Trinajstić information content (AvgIpc) is 2.38. The van der Waals surface area contributed by atoms with Crippen LogP contribution in [0.3, 0.4) is 0 Å². The van der Waals surface area contributed by atoms with E-state index in [-0.39, 0.29) is 19.0 Å². The molecule has 0 heterocycles. The van der Waals surface area contributed by atoms with Gasteiger partial charge in [-0.1, -0.05) is 25.1 Å². The molecule has 0 aliphatic rings. The van der Waals surface area contributed by atoms with Gasteiger partial charge < -0.3 is 14.6 Å². The van der Waals surface area contributed by atoms with Crippen LogP contribution in [-0.2, 0) is 9.53 Å².